The number of hydrogen-bond donors (Lipinski definition) is 1. The fraction of sp³-hybridized carbons (Fsp3) is 0.429. The maximum Gasteiger partial charge on any atom is 0.125 e. The third-order valence-electron chi connectivity index (χ3n) is 5.10. The molecule has 2 aromatic rings. The van der Waals surface area contributed by atoms with Crippen molar-refractivity contribution in [2.45, 2.75) is 32.0 Å². The number of halogens is 1. The van der Waals surface area contributed by atoms with Crippen LogP contribution in [-0.4, -0.2) is 37.1 Å². The Balaban J connectivity index is 1.35. The van der Waals surface area contributed by atoms with E-state index in [-0.39, 0.29) is 5.82 Å². The van der Waals surface area contributed by atoms with Gasteiger partial charge < -0.3 is 10.2 Å². The van der Waals surface area contributed by atoms with E-state index in [9.17, 15) is 4.39 Å². The number of nitrogens with zero attached hydrogens (tertiary/aromatic N) is 2. The van der Waals surface area contributed by atoms with Gasteiger partial charge in [0.2, 0.25) is 0 Å². The molecular weight excluding hydrogens is 313 g/mol. The van der Waals surface area contributed by atoms with Crippen LogP contribution in [-0.2, 0) is 13.1 Å². The molecule has 2 aromatic carbocycles. The summed E-state index contributed by atoms with van der Waals surface area (Å²) < 4.78 is 14.0. The quantitative estimate of drug-likeness (QED) is 0.870. The molecule has 2 aliphatic rings. The minimum Gasteiger partial charge on any atom is -0.369 e. The van der Waals surface area contributed by atoms with Gasteiger partial charge in [-0.25, -0.2) is 4.39 Å². The Kier molecular flexibility index (Phi) is 4.99. The van der Waals surface area contributed by atoms with Gasteiger partial charge in [0.25, 0.3) is 0 Å². The number of piperazine rings is 1. The monoisotopic (exact) mass is 339 g/mol. The third-order valence-corrected chi connectivity index (χ3v) is 5.10. The Morgan fingerprint density at radius 2 is 1.68 bits per heavy atom. The van der Waals surface area contributed by atoms with Crippen molar-refractivity contribution < 1.29 is 4.39 Å². The maximum atomic E-state index is 14.0. The molecule has 1 aliphatic carbocycles. The minimum absolute atomic E-state index is 0.128. The second kappa shape index (κ2) is 7.54. The Hall–Kier alpha value is -1.91. The summed E-state index contributed by atoms with van der Waals surface area (Å²) >= 11 is 0. The van der Waals surface area contributed by atoms with Crippen LogP contribution < -0.4 is 10.2 Å². The van der Waals surface area contributed by atoms with Crippen LogP contribution >= 0.6 is 0 Å². The molecule has 0 aromatic heterocycles. The van der Waals surface area contributed by atoms with Gasteiger partial charge >= 0.3 is 0 Å². The fourth-order valence-corrected chi connectivity index (χ4v) is 3.47. The average Bonchev–Trinajstić information content (AvgIpc) is 3.46. The Labute approximate surface area is 149 Å². The van der Waals surface area contributed by atoms with Crippen molar-refractivity contribution in [3.8, 4) is 0 Å². The summed E-state index contributed by atoms with van der Waals surface area (Å²) in [5, 5.41) is 3.47. The highest BCUT2D eigenvalue weighted by Crippen LogP contribution is 2.23. The largest absolute Gasteiger partial charge is 0.369 e. The van der Waals surface area contributed by atoms with E-state index >= 15 is 0 Å². The van der Waals surface area contributed by atoms with E-state index in [1.54, 1.807) is 12.1 Å². The van der Waals surface area contributed by atoms with E-state index in [0.717, 1.165) is 50.5 Å². The first-order chi connectivity index (χ1) is 12.3. The van der Waals surface area contributed by atoms with Gasteiger partial charge in [-0.05, 0) is 42.2 Å². The van der Waals surface area contributed by atoms with Gasteiger partial charge in [-0.15, -0.1) is 0 Å². The molecule has 0 amide bonds. The first-order valence-electron chi connectivity index (χ1n) is 9.30. The summed E-state index contributed by atoms with van der Waals surface area (Å²) in [6.45, 7) is 5.69. The second-order valence-electron chi connectivity index (χ2n) is 7.22. The predicted octanol–water partition coefficient (Wildman–Crippen LogP) is 3.40. The molecule has 25 heavy (non-hydrogen) atoms. The lowest BCUT2D eigenvalue weighted by molar-refractivity contribution is 0.250. The molecule has 2 fully saturated rings. The van der Waals surface area contributed by atoms with Gasteiger partial charge in [0, 0.05) is 51.0 Å². The van der Waals surface area contributed by atoms with Crippen molar-refractivity contribution in [2.75, 3.05) is 31.1 Å². The van der Waals surface area contributed by atoms with E-state index < -0.39 is 0 Å². The zero-order valence-corrected chi connectivity index (χ0v) is 14.6. The van der Waals surface area contributed by atoms with Gasteiger partial charge in [-0.2, -0.15) is 0 Å². The van der Waals surface area contributed by atoms with Gasteiger partial charge in [0.05, 0.1) is 0 Å². The number of nitrogens with one attached hydrogen (secondary N) is 1. The van der Waals surface area contributed by atoms with Crippen LogP contribution in [0.1, 0.15) is 24.0 Å². The van der Waals surface area contributed by atoms with Gasteiger partial charge in [-0.3, -0.25) is 4.90 Å². The average molecular weight is 339 g/mol. The number of rotatable bonds is 6. The smallest absolute Gasteiger partial charge is 0.125 e. The van der Waals surface area contributed by atoms with Crippen molar-refractivity contribution in [3.63, 3.8) is 0 Å². The highest BCUT2D eigenvalue weighted by molar-refractivity contribution is 5.49. The molecule has 0 spiro atoms. The van der Waals surface area contributed by atoms with Crippen molar-refractivity contribution in [1.29, 1.82) is 0 Å². The van der Waals surface area contributed by atoms with Gasteiger partial charge in [0.1, 0.15) is 5.82 Å². The molecule has 1 saturated heterocycles. The summed E-state index contributed by atoms with van der Waals surface area (Å²) in [7, 11) is 0. The van der Waals surface area contributed by atoms with E-state index in [1.807, 2.05) is 0 Å². The van der Waals surface area contributed by atoms with Crippen LogP contribution in [0.4, 0.5) is 10.1 Å². The van der Waals surface area contributed by atoms with Gasteiger partial charge in [0.15, 0.2) is 0 Å². The molecule has 0 radical (unpaired) electrons. The molecule has 1 saturated carbocycles. The highest BCUT2D eigenvalue weighted by atomic mass is 19.1. The zero-order chi connectivity index (χ0) is 17.1. The molecule has 4 rings (SSSR count). The molecule has 0 unspecified atom stereocenters. The normalized spacial score (nSPS) is 18.5. The lowest BCUT2D eigenvalue weighted by atomic mass is 10.1. The summed E-state index contributed by atoms with van der Waals surface area (Å²) in [6.07, 6.45) is 2.51. The lowest BCUT2D eigenvalue weighted by Crippen LogP contribution is -2.46. The molecule has 0 bridgehead atoms. The van der Waals surface area contributed by atoms with E-state index in [4.69, 9.17) is 0 Å². The lowest BCUT2D eigenvalue weighted by Gasteiger charge is -2.36. The predicted molar refractivity (Wildman–Crippen MR) is 100 cm³/mol. The van der Waals surface area contributed by atoms with Crippen LogP contribution in [0.3, 0.4) is 0 Å². The van der Waals surface area contributed by atoms with Crippen LogP contribution in [0.5, 0.6) is 0 Å². The first kappa shape index (κ1) is 16.6. The molecule has 1 aliphatic heterocycles. The summed E-state index contributed by atoms with van der Waals surface area (Å²) in [5.41, 5.74) is 3.43. The molecule has 1 heterocycles. The topological polar surface area (TPSA) is 18.5 Å². The first-order valence-corrected chi connectivity index (χ1v) is 9.30. The molecule has 0 atom stereocenters. The maximum absolute atomic E-state index is 14.0. The van der Waals surface area contributed by atoms with Crippen molar-refractivity contribution >= 4 is 5.69 Å². The number of benzene rings is 2. The summed E-state index contributed by atoms with van der Waals surface area (Å²) in [6, 6.07) is 16.7. The SMILES string of the molecule is Fc1cc(CNC2CC2)cc(N2CCN(Cc3ccccc3)CC2)c1. The standard InChI is InChI=1S/C21H26FN3/c22-19-12-18(15-23-20-6-7-20)13-21(14-19)25-10-8-24(9-11-25)16-17-4-2-1-3-5-17/h1-5,12-14,20,23H,6-11,15-16H2. The minimum atomic E-state index is -0.128. The van der Waals surface area contributed by atoms with Crippen molar-refractivity contribution in [1.82, 2.24) is 10.2 Å². The molecular formula is C21H26FN3. The number of anilines is 1. The van der Waals surface area contributed by atoms with E-state index in [1.165, 1.54) is 18.4 Å². The molecule has 4 heteroatoms. The summed E-state index contributed by atoms with van der Waals surface area (Å²) in [5.74, 6) is -0.128. The molecule has 132 valence electrons. The summed E-state index contributed by atoms with van der Waals surface area (Å²) in [4.78, 5) is 4.78. The fourth-order valence-electron chi connectivity index (χ4n) is 3.47. The molecule has 1 N–H and O–H groups in total. The third kappa shape index (κ3) is 4.59. The number of hydrogen-bond acceptors (Lipinski definition) is 3. The highest BCUT2D eigenvalue weighted by Gasteiger charge is 2.21. The molecule has 3 nitrogen and oxygen atoms in total. The van der Waals surface area contributed by atoms with Crippen molar-refractivity contribution in [3.05, 3.63) is 65.5 Å². The van der Waals surface area contributed by atoms with Crippen LogP contribution in [0.2, 0.25) is 0 Å². The van der Waals surface area contributed by atoms with Crippen molar-refractivity contribution in [2.24, 2.45) is 0 Å². The Morgan fingerprint density at radius 3 is 2.40 bits per heavy atom. The zero-order valence-electron chi connectivity index (χ0n) is 14.6. The van der Waals surface area contributed by atoms with E-state index in [2.05, 4.69) is 51.5 Å². The van der Waals surface area contributed by atoms with Crippen LogP contribution in [0.15, 0.2) is 48.5 Å². The van der Waals surface area contributed by atoms with E-state index in [0.29, 0.717) is 6.04 Å². The Bertz CT molecular complexity index is 692. The Morgan fingerprint density at radius 1 is 0.920 bits per heavy atom. The second-order valence-corrected chi connectivity index (χ2v) is 7.22. The van der Waals surface area contributed by atoms with Crippen LogP contribution in [0, 0.1) is 5.82 Å². The van der Waals surface area contributed by atoms with Gasteiger partial charge in [-0.1, -0.05) is 30.3 Å². The van der Waals surface area contributed by atoms with Crippen LogP contribution in [0.25, 0.3) is 0 Å².